The zero-order valence-electron chi connectivity index (χ0n) is 12.4. The third-order valence-electron chi connectivity index (χ3n) is 3.89. The number of nitrogens with zero attached hydrogens (tertiary/aromatic N) is 1. The lowest BCUT2D eigenvalue weighted by molar-refractivity contribution is -0.141. The zero-order valence-corrected chi connectivity index (χ0v) is 13.2. The van der Waals surface area contributed by atoms with Crippen molar-refractivity contribution in [3.63, 3.8) is 0 Å². The fraction of sp³-hybridized carbons (Fsp3) is 0.786. The van der Waals surface area contributed by atoms with Crippen LogP contribution in [0.1, 0.15) is 45.4 Å². The van der Waals surface area contributed by atoms with E-state index in [9.17, 15) is 9.59 Å². The molecule has 0 unspecified atom stereocenters. The Labute approximate surface area is 126 Å². The maximum atomic E-state index is 12.6. The fourth-order valence-corrected chi connectivity index (χ4v) is 2.99. The van der Waals surface area contributed by atoms with Gasteiger partial charge in [-0.2, -0.15) is 0 Å². The highest BCUT2D eigenvalue weighted by Gasteiger charge is 2.44. The van der Waals surface area contributed by atoms with E-state index in [1.54, 1.807) is 7.05 Å². The topological polar surface area (TPSA) is 75.4 Å². The molecule has 5 nitrogen and oxygen atoms in total. The first-order valence-corrected chi connectivity index (χ1v) is 7.67. The monoisotopic (exact) mass is 299 g/mol. The standard InChI is InChI=1S/C14H25N3O2S/c1-3-9-16-11(18)10-17(2)13(19)14(12(15)20)7-5-4-6-8-14/h3-10H2,1-2H3,(H2,15,20)(H,16,18). The highest BCUT2D eigenvalue weighted by molar-refractivity contribution is 7.80. The summed E-state index contributed by atoms with van der Waals surface area (Å²) in [6.07, 6.45) is 5.29. The summed E-state index contributed by atoms with van der Waals surface area (Å²) >= 11 is 5.14. The van der Waals surface area contributed by atoms with E-state index in [0.717, 1.165) is 25.7 Å². The van der Waals surface area contributed by atoms with Gasteiger partial charge < -0.3 is 16.0 Å². The number of amides is 2. The first-order valence-electron chi connectivity index (χ1n) is 7.26. The van der Waals surface area contributed by atoms with Crippen LogP contribution < -0.4 is 11.1 Å². The van der Waals surface area contributed by atoms with Crippen molar-refractivity contribution in [3.05, 3.63) is 0 Å². The SMILES string of the molecule is CCCNC(=O)CN(C)C(=O)C1(C(N)=S)CCCCC1. The third kappa shape index (κ3) is 3.91. The number of carbonyl (C=O) groups excluding carboxylic acids is 2. The molecule has 1 saturated carbocycles. The summed E-state index contributed by atoms with van der Waals surface area (Å²) in [5.41, 5.74) is 5.09. The Morgan fingerprint density at radius 2 is 1.90 bits per heavy atom. The number of hydrogen-bond acceptors (Lipinski definition) is 3. The third-order valence-corrected chi connectivity index (χ3v) is 4.28. The van der Waals surface area contributed by atoms with E-state index in [4.69, 9.17) is 18.0 Å². The zero-order chi connectivity index (χ0) is 15.2. The molecule has 0 atom stereocenters. The minimum Gasteiger partial charge on any atom is -0.392 e. The Morgan fingerprint density at radius 3 is 2.40 bits per heavy atom. The summed E-state index contributed by atoms with van der Waals surface area (Å²) in [7, 11) is 1.64. The molecule has 0 radical (unpaired) electrons. The Morgan fingerprint density at radius 1 is 1.30 bits per heavy atom. The van der Waals surface area contributed by atoms with Crippen LogP contribution in [0, 0.1) is 5.41 Å². The predicted molar refractivity (Wildman–Crippen MR) is 83.2 cm³/mol. The van der Waals surface area contributed by atoms with Crippen molar-refractivity contribution in [2.45, 2.75) is 45.4 Å². The van der Waals surface area contributed by atoms with E-state index in [0.29, 0.717) is 19.4 Å². The summed E-state index contributed by atoms with van der Waals surface area (Å²) in [5, 5.41) is 2.77. The van der Waals surface area contributed by atoms with Crippen LogP contribution in [0.5, 0.6) is 0 Å². The highest BCUT2D eigenvalue weighted by Crippen LogP contribution is 2.38. The van der Waals surface area contributed by atoms with Crippen LogP contribution in [0.15, 0.2) is 0 Å². The van der Waals surface area contributed by atoms with Crippen LogP contribution in [-0.2, 0) is 9.59 Å². The van der Waals surface area contributed by atoms with Gasteiger partial charge in [0.2, 0.25) is 11.8 Å². The highest BCUT2D eigenvalue weighted by atomic mass is 32.1. The van der Waals surface area contributed by atoms with Crippen LogP contribution in [0.2, 0.25) is 0 Å². The predicted octanol–water partition coefficient (Wildman–Crippen LogP) is 1.21. The molecule has 1 aliphatic rings. The van der Waals surface area contributed by atoms with E-state index in [2.05, 4.69) is 5.32 Å². The van der Waals surface area contributed by atoms with Gasteiger partial charge in [0.15, 0.2) is 0 Å². The summed E-state index contributed by atoms with van der Waals surface area (Å²) in [4.78, 5) is 26.1. The van der Waals surface area contributed by atoms with Crippen molar-refractivity contribution < 1.29 is 9.59 Å². The second-order valence-electron chi connectivity index (χ2n) is 5.52. The molecule has 0 saturated heterocycles. The first kappa shape index (κ1) is 16.9. The molecule has 0 aromatic heterocycles. The number of nitrogens with one attached hydrogen (secondary N) is 1. The number of thiocarbonyl (C=S) groups is 1. The van der Waals surface area contributed by atoms with Crippen molar-refractivity contribution >= 4 is 29.0 Å². The molecule has 1 rings (SSSR count). The molecular formula is C14H25N3O2S. The number of carbonyl (C=O) groups is 2. The number of rotatable bonds is 6. The van der Waals surface area contributed by atoms with Crippen molar-refractivity contribution in [1.29, 1.82) is 0 Å². The van der Waals surface area contributed by atoms with Crippen molar-refractivity contribution in [3.8, 4) is 0 Å². The molecular weight excluding hydrogens is 274 g/mol. The van der Waals surface area contributed by atoms with E-state index >= 15 is 0 Å². The molecule has 3 N–H and O–H groups in total. The van der Waals surface area contributed by atoms with E-state index in [-0.39, 0.29) is 23.3 Å². The molecule has 1 aliphatic carbocycles. The number of nitrogens with two attached hydrogens (primary N) is 1. The van der Waals surface area contributed by atoms with Gasteiger partial charge >= 0.3 is 0 Å². The van der Waals surface area contributed by atoms with Crippen molar-refractivity contribution in [2.24, 2.45) is 11.1 Å². The Kier molecular flexibility index (Phi) is 6.39. The van der Waals surface area contributed by atoms with E-state index in [1.807, 2.05) is 6.92 Å². The summed E-state index contributed by atoms with van der Waals surface area (Å²) in [6, 6.07) is 0. The Bertz CT molecular complexity index is 379. The van der Waals surface area contributed by atoms with Gasteiger partial charge in [-0.25, -0.2) is 0 Å². The molecule has 1 fully saturated rings. The molecule has 0 bridgehead atoms. The molecule has 0 aliphatic heterocycles. The maximum absolute atomic E-state index is 12.6. The minimum absolute atomic E-state index is 0.0587. The second-order valence-corrected chi connectivity index (χ2v) is 5.96. The Balaban J connectivity index is 2.69. The van der Waals surface area contributed by atoms with E-state index in [1.165, 1.54) is 4.90 Å². The first-order chi connectivity index (χ1) is 9.44. The summed E-state index contributed by atoms with van der Waals surface area (Å²) < 4.78 is 0. The Hall–Kier alpha value is -1.17. The lowest BCUT2D eigenvalue weighted by atomic mass is 9.73. The lowest BCUT2D eigenvalue weighted by Gasteiger charge is -2.37. The molecule has 6 heteroatoms. The van der Waals surface area contributed by atoms with Gasteiger partial charge in [0.25, 0.3) is 0 Å². The average molecular weight is 299 g/mol. The van der Waals surface area contributed by atoms with Crippen molar-refractivity contribution in [1.82, 2.24) is 10.2 Å². The van der Waals surface area contributed by atoms with Crippen molar-refractivity contribution in [2.75, 3.05) is 20.1 Å². The quantitative estimate of drug-likeness (QED) is 0.723. The fourth-order valence-electron chi connectivity index (χ4n) is 2.69. The van der Waals surface area contributed by atoms with Gasteiger partial charge in [0, 0.05) is 13.6 Å². The van der Waals surface area contributed by atoms with Crippen LogP contribution in [0.25, 0.3) is 0 Å². The molecule has 0 aromatic carbocycles. The van der Waals surface area contributed by atoms with Gasteiger partial charge in [-0.05, 0) is 19.3 Å². The molecule has 20 heavy (non-hydrogen) atoms. The minimum atomic E-state index is -0.743. The molecule has 0 spiro atoms. The smallest absolute Gasteiger partial charge is 0.239 e. The van der Waals surface area contributed by atoms with Crippen LogP contribution >= 0.6 is 12.2 Å². The summed E-state index contributed by atoms with van der Waals surface area (Å²) in [6.45, 7) is 2.67. The number of likely N-dealkylation sites (N-methyl/N-ethyl adjacent to an activating group) is 1. The van der Waals surface area contributed by atoms with Gasteiger partial charge in [-0.15, -0.1) is 0 Å². The van der Waals surface area contributed by atoms with Gasteiger partial charge in [0.1, 0.15) is 0 Å². The van der Waals surface area contributed by atoms with Gasteiger partial charge in [-0.3, -0.25) is 9.59 Å². The molecule has 114 valence electrons. The maximum Gasteiger partial charge on any atom is 0.239 e. The molecule has 2 amide bonds. The second kappa shape index (κ2) is 7.57. The average Bonchev–Trinajstić information content (AvgIpc) is 2.44. The normalized spacial score (nSPS) is 17.3. The molecule has 0 heterocycles. The van der Waals surface area contributed by atoms with Crippen LogP contribution in [0.3, 0.4) is 0 Å². The van der Waals surface area contributed by atoms with E-state index < -0.39 is 5.41 Å². The summed E-state index contributed by atoms with van der Waals surface area (Å²) in [5.74, 6) is -0.257. The largest absolute Gasteiger partial charge is 0.392 e. The van der Waals surface area contributed by atoms with Crippen LogP contribution in [-0.4, -0.2) is 41.8 Å². The number of hydrogen-bond donors (Lipinski definition) is 2. The molecule has 0 aromatic rings. The van der Waals surface area contributed by atoms with Gasteiger partial charge in [-0.1, -0.05) is 38.4 Å². The van der Waals surface area contributed by atoms with Gasteiger partial charge in [0.05, 0.1) is 16.9 Å². The lowest BCUT2D eigenvalue weighted by Crippen LogP contribution is -2.52. The van der Waals surface area contributed by atoms with Crippen LogP contribution in [0.4, 0.5) is 0 Å².